The molecule has 1 heterocycles. The Morgan fingerprint density at radius 2 is 2.20 bits per heavy atom. The van der Waals surface area contributed by atoms with E-state index in [2.05, 4.69) is 15.5 Å². The summed E-state index contributed by atoms with van der Waals surface area (Å²) in [5, 5.41) is 20.4. The molecule has 0 aliphatic carbocycles. The number of carboxylic acid groups (broad SMARTS) is 1. The fourth-order valence-corrected chi connectivity index (χ4v) is 1.74. The molecule has 0 aliphatic rings. The van der Waals surface area contributed by atoms with E-state index in [1.54, 1.807) is 26.0 Å². The molecule has 1 N–H and O–H groups in total. The first kappa shape index (κ1) is 14.1. The van der Waals surface area contributed by atoms with Crippen molar-refractivity contribution in [3.05, 3.63) is 41.5 Å². The number of tetrazole rings is 1. The normalized spacial score (nSPS) is 11.6. The molecule has 0 fully saturated rings. The highest BCUT2D eigenvalue weighted by Crippen LogP contribution is 2.19. The van der Waals surface area contributed by atoms with Crippen LogP contribution in [0.3, 0.4) is 0 Å². The molecule has 7 heteroatoms. The van der Waals surface area contributed by atoms with Crippen molar-refractivity contribution in [3.63, 3.8) is 0 Å². The Morgan fingerprint density at radius 1 is 1.45 bits per heavy atom. The molecule has 2 aromatic rings. The summed E-state index contributed by atoms with van der Waals surface area (Å²) in [6.07, 6.45) is 0.348. The number of carbonyl (C=O) groups is 1. The van der Waals surface area contributed by atoms with Crippen molar-refractivity contribution in [2.75, 3.05) is 0 Å². The van der Waals surface area contributed by atoms with Gasteiger partial charge in [-0.25, -0.2) is 9.07 Å². The van der Waals surface area contributed by atoms with Crippen LogP contribution in [0.25, 0.3) is 0 Å². The number of benzene rings is 1. The predicted molar refractivity (Wildman–Crippen MR) is 68.4 cm³/mol. The summed E-state index contributed by atoms with van der Waals surface area (Å²) < 4.78 is 14.6. The quantitative estimate of drug-likeness (QED) is 0.896. The Morgan fingerprint density at radius 3 is 2.85 bits per heavy atom. The van der Waals surface area contributed by atoms with Gasteiger partial charge in [0.15, 0.2) is 5.82 Å². The number of carboxylic acids is 1. The van der Waals surface area contributed by atoms with E-state index in [0.717, 1.165) is 5.56 Å². The fourth-order valence-electron chi connectivity index (χ4n) is 1.74. The average molecular weight is 278 g/mol. The molecule has 0 radical (unpaired) electrons. The topological polar surface area (TPSA) is 80.9 Å². The van der Waals surface area contributed by atoms with Crippen LogP contribution in [-0.4, -0.2) is 31.3 Å². The van der Waals surface area contributed by atoms with Gasteiger partial charge in [0, 0.05) is 6.42 Å². The van der Waals surface area contributed by atoms with Gasteiger partial charge in [-0.2, -0.15) is 0 Å². The molecule has 0 aliphatic heterocycles. The molecular formula is C13H15FN4O2. The van der Waals surface area contributed by atoms with Crippen LogP contribution in [0, 0.1) is 11.2 Å². The Bertz CT molecular complexity index is 624. The van der Waals surface area contributed by atoms with Crippen LogP contribution >= 0.6 is 0 Å². The van der Waals surface area contributed by atoms with Crippen molar-refractivity contribution in [2.45, 2.75) is 26.8 Å². The minimum absolute atomic E-state index is 0.153. The lowest BCUT2D eigenvalue weighted by Gasteiger charge is -2.19. The van der Waals surface area contributed by atoms with Crippen LogP contribution in [0.15, 0.2) is 24.3 Å². The van der Waals surface area contributed by atoms with Gasteiger partial charge < -0.3 is 5.11 Å². The third-order valence-electron chi connectivity index (χ3n) is 2.98. The number of hydrogen-bond acceptors (Lipinski definition) is 4. The van der Waals surface area contributed by atoms with E-state index in [4.69, 9.17) is 5.11 Å². The second kappa shape index (κ2) is 5.36. The van der Waals surface area contributed by atoms with E-state index in [0.29, 0.717) is 12.2 Å². The van der Waals surface area contributed by atoms with Gasteiger partial charge in [-0.1, -0.05) is 12.1 Å². The first-order valence-corrected chi connectivity index (χ1v) is 6.11. The maximum atomic E-state index is 13.1. The number of nitrogens with zero attached hydrogens (tertiary/aromatic N) is 4. The van der Waals surface area contributed by atoms with E-state index >= 15 is 0 Å². The molecule has 1 aromatic heterocycles. The molecule has 0 unspecified atom stereocenters. The SMILES string of the molecule is CC(C)(Cn1nnnc1Cc1cccc(F)c1)C(=O)O. The lowest BCUT2D eigenvalue weighted by Crippen LogP contribution is -2.30. The lowest BCUT2D eigenvalue weighted by molar-refractivity contribution is -0.147. The van der Waals surface area contributed by atoms with Crippen LogP contribution in [-0.2, 0) is 17.8 Å². The Balaban J connectivity index is 2.19. The molecule has 0 atom stereocenters. The summed E-state index contributed by atoms with van der Waals surface area (Å²) in [6.45, 7) is 3.35. The zero-order chi connectivity index (χ0) is 14.8. The maximum absolute atomic E-state index is 13.1. The van der Waals surface area contributed by atoms with Gasteiger partial charge >= 0.3 is 5.97 Å². The van der Waals surface area contributed by atoms with Crippen LogP contribution in [0.5, 0.6) is 0 Å². The molecule has 2 rings (SSSR count). The summed E-state index contributed by atoms with van der Waals surface area (Å²) in [5.74, 6) is -0.748. The number of halogens is 1. The van der Waals surface area contributed by atoms with Crippen molar-refractivity contribution >= 4 is 5.97 Å². The van der Waals surface area contributed by atoms with E-state index in [-0.39, 0.29) is 12.4 Å². The molecule has 0 amide bonds. The number of hydrogen-bond donors (Lipinski definition) is 1. The van der Waals surface area contributed by atoms with Gasteiger partial charge in [0.05, 0.1) is 12.0 Å². The predicted octanol–water partition coefficient (Wildman–Crippen LogP) is 1.51. The highest BCUT2D eigenvalue weighted by atomic mass is 19.1. The third kappa shape index (κ3) is 3.17. The van der Waals surface area contributed by atoms with Gasteiger partial charge in [0.2, 0.25) is 0 Å². The van der Waals surface area contributed by atoms with Crippen LogP contribution in [0.1, 0.15) is 25.2 Å². The van der Waals surface area contributed by atoms with Gasteiger partial charge in [-0.3, -0.25) is 4.79 Å². The number of aromatic nitrogens is 4. The second-order valence-electron chi connectivity index (χ2n) is 5.25. The number of aliphatic carboxylic acids is 1. The monoisotopic (exact) mass is 278 g/mol. The van der Waals surface area contributed by atoms with Gasteiger partial charge in [0.1, 0.15) is 5.82 Å². The molecule has 0 bridgehead atoms. The zero-order valence-electron chi connectivity index (χ0n) is 11.2. The summed E-state index contributed by atoms with van der Waals surface area (Å²) in [7, 11) is 0. The Kier molecular flexibility index (Phi) is 3.78. The van der Waals surface area contributed by atoms with Crippen LogP contribution < -0.4 is 0 Å². The minimum Gasteiger partial charge on any atom is -0.481 e. The molecule has 0 spiro atoms. The minimum atomic E-state index is -0.980. The van der Waals surface area contributed by atoms with E-state index < -0.39 is 11.4 Å². The maximum Gasteiger partial charge on any atom is 0.310 e. The molecule has 1 aromatic carbocycles. The van der Waals surface area contributed by atoms with Gasteiger partial charge in [0.25, 0.3) is 0 Å². The summed E-state index contributed by atoms with van der Waals surface area (Å²) in [4.78, 5) is 11.1. The third-order valence-corrected chi connectivity index (χ3v) is 2.98. The van der Waals surface area contributed by atoms with Crippen LogP contribution in [0.2, 0.25) is 0 Å². The first-order valence-electron chi connectivity index (χ1n) is 6.11. The van der Waals surface area contributed by atoms with E-state index in [1.807, 2.05) is 0 Å². The standard InChI is InChI=1S/C13H15FN4O2/c1-13(2,12(19)20)8-18-11(15-16-17-18)7-9-4-3-5-10(14)6-9/h3-6H,7-8H2,1-2H3,(H,19,20). The Hall–Kier alpha value is -2.31. The number of rotatable bonds is 5. The average Bonchev–Trinajstić information content (AvgIpc) is 2.75. The van der Waals surface area contributed by atoms with E-state index in [9.17, 15) is 9.18 Å². The second-order valence-corrected chi connectivity index (χ2v) is 5.25. The van der Waals surface area contributed by atoms with Gasteiger partial charge in [-0.05, 0) is 42.0 Å². The molecule has 0 saturated heterocycles. The molecule has 106 valence electrons. The van der Waals surface area contributed by atoms with Crippen molar-refractivity contribution in [1.29, 1.82) is 0 Å². The molecule has 6 nitrogen and oxygen atoms in total. The highest BCUT2D eigenvalue weighted by molar-refractivity contribution is 5.73. The lowest BCUT2D eigenvalue weighted by atomic mass is 9.94. The highest BCUT2D eigenvalue weighted by Gasteiger charge is 2.29. The fraction of sp³-hybridized carbons (Fsp3) is 0.385. The van der Waals surface area contributed by atoms with Crippen molar-refractivity contribution in [1.82, 2.24) is 20.2 Å². The molecule has 0 saturated carbocycles. The smallest absolute Gasteiger partial charge is 0.310 e. The van der Waals surface area contributed by atoms with Crippen molar-refractivity contribution < 1.29 is 14.3 Å². The largest absolute Gasteiger partial charge is 0.481 e. The summed E-state index contributed by atoms with van der Waals surface area (Å²) in [5.41, 5.74) is -0.249. The molecular weight excluding hydrogens is 263 g/mol. The van der Waals surface area contributed by atoms with Crippen molar-refractivity contribution in [2.24, 2.45) is 5.41 Å². The molecule has 20 heavy (non-hydrogen) atoms. The Labute approximate surface area is 115 Å². The van der Waals surface area contributed by atoms with Crippen molar-refractivity contribution in [3.8, 4) is 0 Å². The zero-order valence-corrected chi connectivity index (χ0v) is 11.2. The van der Waals surface area contributed by atoms with E-state index in [1.165, 1.54) is 16.8 Å². The summed E-state index contributed by atoms with van der Waals surface area (Å²) in [6, 6.07) is 6.14. The summed E-state index contributed by atoms with van der Waals surface area (Å²) >= 11 is 0. The van der Waals surface area contributed by atoms with Gasteiger partial charge in [-0.15, -0.1) is 5.10 Å². The first-order chi connectivity index (χ1) is 9.38. The van der Waals surface area contributed by atoms with Crippen LogP contribution in [0.4, 0.5) is 4.39 Å².